The Hall–Kier alpha value is -2.56. The van der Waals surface area contributed by atoms with E-state index in [9.17, 15) is 9.59 Å². The standard InChI is InChI=1S/C12H14O3.C11H20O2/c1-10(2)12(13)15-9-8-14-11-6-4-3-5-7-11;1-4-11(12)13-9-7-5-6-8-10(2)3/h3-7H,1,8-9H2,2H3;4,10H,1,5-9H2,2-3H3. The van der Waals surface area contributed by atoms with Crippen LogP contribution < -0.4 is 4.74 Å². The van der Waals surface area contributed by atoms with Gasteiger partial charge in [0, 0.05) is 11.6 Å². The third-order valence-corrected chi connectivity index (χ3v) is 3.51. The van der Waals surface area contributed by atoms with Crippen LogP contribution in [0.15, 0.2) is 55.1 Å². The zero-order chi connectivity index (χ0) is 21.2. The molecule has 1 aromatic carbocycles. The van der Waals surface area contributed by atoms with Crippen molar-refractivity contribution in [1.29, 1.82) is 0 Å². The monoisotopic (exact) mass is 390 g/mol. The molecule has 0 atom stereocenters. The van der Waals surface area contributed by atoms with Crippen LogP contribution in [0.3, 0.4) is 0 Å². The highest BCUT2D eigenvalue weighted by Crippen LogP contribution is 2.08. The van der Waals surface area contributed by atoms with E-state index < -0.39 is 0 Å². The zero-order valence-electron chi connectivity index (χ0n) is 17.4. The molecule has 0 N–H and O–H groups in total. The van der Waals surface area contributed by atoms with Gasteiger partial charge in [0.25, 0.3) is 0 Å². The van der Waals surface area contributed by atoms with Crippen molar-refractivity contribution >= 4 is 11.9 Å². The first-order valence-corrected chi connectivity index (χ1v) is 9.66. The number of ether oxygens (including phenoxy) is 3. The van der Waals surface area contributed by atoms with E-state index in [1.165, 1.54) is 18.9 Å². The van der Waals surface area contributed by atoms with Crippen molar-refractivity contribution in [3.8, 4) is 5.75 Å². The van der Waals surface area contributed by atoms with Gasteiger partial charge in [-0.25, -0.2) is 9.59 Å². The van der Waals surface area contributed by atoms with Crippen LogP contribution >= 0.6 is 0 Å². The number of rotatable bonds is 12. The van der Waals surface area contributed by atoms with Gasteiger partial charge >= 0.3 is 11.9 Å². The largest absolute Gasteiger partial charge is 0.490 e. The molecule has 0 aliphatic heterocycles. The molecule has 0 aliphatic rings. The van der Waals surface area contributed by atoms with Gasteiger partial charge in [-0.3, -0.25) is 0 Å². The Balaban J connectivity index is 0.000000528. The third kappa shape index (κ3) is 15.7. The van der Waals surface area contributed by atoms with Crippen molar-refractivity contribution < 1.29 is 23.8 Å². The Kier molecular flexibility index (Phi) is 15.1. The molecule has 5 heteroatoms. The van der Waals surface area contributed by atoms with Gasteiger partial charge in [-0.2, -0.15) is 0 Å². The minimum Gasteiger partial charge on any atom is -0.490 e. The molecule has 0 aromatic heterocycles. The van der Waals surface area contributed by atoms with Gasteiger partial charge in [-0.1, -0.05) is 64.5 Å². The molecular formula is C23H34O5. The smallest absolute Gasteiger partial charge is 0.333 e. The van der Waals surface area contributed by atoms with E-state index in [1.54, 1.807) is 6.92 Å². The lowest BCUT2D eigenvalue weighted by molar-refractivity contribution is -0.140. The molecule has 5 nitrogen and oxygen atoms in total. The number of esters is 2. The minimum atomic E-state index is -0.383. The number of unbranched alkanes of at least 4 members (excludes halogenated alkanes) is 2. The van der Waals surface area contributed by atoms with Crippen molar-refractivity contribution in [2.24, 2.45) is 5.92 Å². The molecule has 156 valence electrons. The van der Waals surface area contributed by atoms with Crippen LogP contribution in [0, 0.1) is 5.92 Å². The van der Waals surface area contributed by atoms with Crippen molar-refractivity contribution in [3.05, 3.63) is 55.1 Å². The van der Waals surface area contributed by atoms with Gasteiger partial charge in [0.1, 0.15) is 19.0 Å². The number of carbonyl (C=O) groups excluding carboxylic acids is 2. The van der Waals surface area contributed by atoms with Crippen LogP contribution in [-0.4, -0.2) is 31.8 Å². The second-order valence-corrected chi connectivity index (χ2v) is 6.69. The van der Waals surface area contributed by atoms with E-state index in [4.69, 9.17) is 14.2 Å². The summed E-state index contributed by atoms with van der Waals surface area (Å²) >= 11 is 0. The maximum absolute atomic E-state index is 11.0. The predicted octanol–water partition coefficient (Wildman–Crippen LogP) is 5.12. The molecule has 0 saturated carbocycles. The average molecular weight is 391 g/mol. The fraction of sp³-hybridized carbons (Fsp3) is 0.478. The summed E-state index contributed by atoms with van der Waals surface area (Å²) in [5.41, 5.74) is 0.398. The molecule has 1 rings (SSSR count). The normalized spacial score (nSPS) is 9.71. The molecule has 0 saturated heterocycles. The second kappa shape index (κ2) is 16.6. The predicted molar refractivity (Wildman–Crippen MR) is 112 cm³/mol. The molecule has 0 heterocycles. The molecular weight excluding hydrogens is 356 g/mol. The van der Waals surface area contributed by atoms with Gasteiger partial charge in [-0.05, 0) is 31.4 Å². The molecule has 0 amide bonds. The van der Waals surface area contributed by atoms with Gasteiger partial charge in [0.05, 0.1) is 6.61 Å². The SMILES string of the molecule is C=C(C)C(=O)OCCOc1ccccc1.C=CC(=O)OCCCCCC(C)C. The van der Waals surface area contributed by atoms with Crippen LogP contribution in [-0.2, 0) is 19.1 Å². The molecule has 1 aromatic rings. The minimum absolute atomic E-state index is 0.237. The van der Waals surface area contributed by atoms with Crippen LogP contribution in [0.4, 0.5) is 0 Å². The van der Waals surface area contributed by atoms with E-state index in [0.717, 1.165) is 24.5 Å². The van der Waals surface area contributed by atoms with Crippen LogP contribution in [0.25, 0.3) is 0 Å². The van der Waals surface area contributed by atoms with E-state index in [0.29, 0.717) is 18.8 Å². The lowest BCUT2D eigenvalue weighted by atomic mass is 10.1. The number of hydrogen-bond donors (Lipinski definition) is 0. The molecule has 0 spiro atoms. The molecule has 0 radical (unpaired) electrons. The molecule has 28 heavy (non-hydrogen) atoms. The number of hydrogen-bond acceptors (Lipinski definition) is 5. The Morgan fingerprint density at radius 2 is 1.68 bits per heavy atom. The zero-order valence-corrected chi connectivity index (χ0v) is 17.4. The second-order valence-electron chi connectivity index (χ2n) is 6.69. The fourth-order valence-corrected chi connectivity index (χ4v) is 2.00. The van der Waals surface area contributed by atoms with Crippen molar-refractivity contribution in [3.63, 3.8) is 0 Å². The Bertz CT molecular complexity index is 578. The van der Waals surface area contributed by atoms with Crippen LogP contribution in [0.5, 0.6) is 5.75 Å². The summed E-state index contributed by atoms with van der Waals surface area (Å²) in [4.78, 5) is 21.6. The van der Waals surface area contributed by atoms with Crippen LogP contribution in [0.2, 0.25) is 0 Å². The summed E-state index contributed by atoms with van der Waals surface area (Å²) in [7, 11) is 0. The topological polar surface area (TPSA) is 61.8 Å². The summed E-state index contributed by atoms with van der Waals surface area (Å²) in [5, 5.41) is 0. The van der Waals surface area contributed by atoms with Gasteiger partial charge in [0.15, 0.2) is 0 Å². The van der Waals surface area contributed by atoms with Crippen molar-refractivity contribution in [2.45, 2.75) is 46.5 Å². The summed E-state index contributed by atoms with van der Waals surface area (Å²) < 4.78 is 15.0. The highest BCUT2D eigenvalue weighted by molar-refractivity contribution is 5.86. The summed E-state index contributed by atoms with van der Waals surface area (Å²) in [6.07, 6.45) is 5.79. The Morgan fingerprint density at radius 1 is 1.00 bits per heavy atom. The Labute approximate surface area is 169 Å². The van der Waals surface area contributed by atoms with Gasteiger partial charge in [-0.15, -0.1) is 0 Å². The third-order valence-electron chi connectivity index (χ3n) is 3.51. The summed E-state index contributed by atoms with van der Waals surface area (Å²) in [6.45, 7) is 14.0. The first-order valence-electron chi connectivity index (χ1n) is 9.66. The average Bonchev–Trinajstić information content (AvgIpc) is 2.68. The van der Waals surface area contributed by atoms with Crippen LogP contribution in [0.1, 0.15) is 46.5 Å². The van der Waals surface area contributed by atoms with Gasteiger partial charge in [0.2, 0.25) is 0 Å². The quantitative estimate of drug-likeness (QED) is 0.282. The molecule has 0 bridgehead atoms. The Morgan fingerprint density at radius 3 is 2.25 bits per heavy atom. The maximum atomic E-state index is 11.0. The fourth-order valence-electron chi connectivity index (χ4n) is 2.00. The number of carbonyl (C=O) groups is 2. The van der Waals surface area contributed by atoms with E-state index in [2.05, 4.69) is 27.0 Å². The van der Waals surface area contributed by atoms with Gasteiger partial charge < -0.3 is 14.2 Å². The van der Waals surface area contributed by atoms with E-state index >= 15 is 0 Å². The summed E-state index contributed by atoms with van der Waals surface area (Å²) in [6, 6.07) is 9.37. The first kappa shape index (κ1) is 25.4. The molecule has 0 unspecified atom stereocenters. The van der Waals surface area contributed by atoms with E-state index in [1.807, 2.05) is 30.3 Å². The number of para-hydroxylation sites is 1. The van der Waals surface area contributed by atoms with Crippen molar-refractivity contribution in [2.75, 3.05) is 19.8 Å². The maximum Gasteiger partial charge on any atom is 0.333 e. The highest BCUT2D eigenvalue weighted by atomic mass is 16.6. The number of benzene rings is 1. The van der Waals surface area contributed by atoms with Crippen molar-refractivity contribution in [1.82, 2.24) is 0 Å². The summed E-state index contributed by atoms with van der Waals surface area (Å²) in [5.74, 6) is 0.843. The lowest BCUT2D eigenvalue weighted by Gasteiger charge is -2.06. The van der Waals surface area contributed by atoms with E-state index in [-0.39, 0.29) is 18.5 Å². The highest BCUT2D eigenvalue weighted by Gasteiger charge is 2.02. The molecule has 0 aliphatic carbocycles. The first-order chi connectivity index (χ1) is 13.4. The molecule has 0 fully saturated rings. The lowest BCUT2D eigenvalue weighted by Crippen LogP contribution is -2.12.